The predicted octanol–water partition coefficient (Wildman–Crippen LogP) is 3.32. The topological polar surface area (TPSA) is 0 Å². The minimum atomic E-state index is 0. The van der Waals surface area contributed by atoms with Gasteiger partial charge in [0.25, 0.3) is 0 Å². The third-order valence-corrected chi connectivity index (χ3v) is 3.68. The van der Waals surface area contributed by atoms with Gasteiger partial charge < -0.3 is 0 Å². The van der Waals surface area contributed by atoms with Crippen molar-refractivity contribution >= 4 is 30.9 Å². The molecule has 2 rings (SSSR count). The number of halogens is 2. The summed E-state index contributed by atoms with van der Waals surface area (Å²) in [6, 6.07) is 8.66. The van der Waals surface area contributed by atoms with Gasteiger partial charge in [0.05, 0.1) is 0 Å². The van der Waals surface area contributed by atoms with E-state index in [1.807, 2.05) is 0 Å². The van der Waals surface area contributed by atoms with Crippen LogP contribution in [0.2, 0.25) is 0 Å². The molecule has 0 fully saturated rings. The first-order valence-electron chi connectivity index (χ1n) is 3.74. The molecular weight excluding hydrogens is 370 g/mol. The standard InChI is InChI=1S/C10H9.2ClH.Hf/c1-8-6-7-9-4-2-3-5-10(8)9;;;/h2-7H,1H3;2*1H;. The predicted molar refractivity (Wildman–Crippen MR) is 57.3 cm³/mol. The van der Waals surface area contributed by atoms with Gasteiger partial charge in [-0.3, -0.25) is 0 Å². The number of allylic oxidation sites excluding steroid dienone is 1. The van der Waals surface area contributed by atoms with Crippen molar-refractivity contribution in [3.8, 4) is 0 Å². The second-order valence-corrected chi connectivity index (χ2v) is 6.85. The molecule has 0 saturated carbocycles. The van der Waals surface area contributed by atoms with Crippen LogP contribution < -0.4 is 0 Å². The third-order valence-electron chi connectivity index (χ3n) is 2.12. The van der Waals surface area contributed by atoms with Crippen molar-refractivity contribution in [2.45, 2.75) is 10.1 Å². The molecule has 13 heavy (non-hydrogen) atoms. The second-order valence-electron chi connectivity index (χ2n) is 3.12. The summed E-state index contributed by atoms with van der Waals surface area (Å²) in [7, 11) is 0. The van der Waals surface area contributed by atoms with Crippen LogP contribution in [0.1, 0.15) is 18.1 Å². The van der Waals surface area contributed by atoms with Crippen LogP contribution in [0.15, 0.2) is 30.3 Å². The van der Waals surface area contributed by atoms with Crippen LogP contribution in [0.5, 0.6) is 0 Å². The van der Waals surface area contributed by atoms with Crippen LogP contribution in [0, 0.1) is 0 Å². The number of hydrogen-bond acceptors (Lipinski definition) is 0. The molecular formula is C10H11Cl2Hf. The van der Waals surface area contributed by atoms with E-state index in [9.17, 15) is 0 Å². The average Bonchev–Trinajstić information content (AvgIpc) is 2.29. The van der Waals surface area contributed by atoms with Crippen LogP contribution in [-0.4, -0.2) is 0 Å². The first-order valence-corrected chi connectivity index (χ1v) is 5.53. The van der Waals surface area contributed by atoms with Crippen molar-refractivity contribution in [3.05, 3.63) is 41.5 Å². The molecule has 0 spiro atoms. The van der Waals surface area contributed by atoms with E-state index in [1.165, 1.54) is 35.5 Å². The van der Waals surface area contributed by atoms with Crippen molar-refractivity contribution in [2.24, 2.45) is 0 Å². The van der Waals surface area contributed by atoms with E-state index in [0.717, 1.165) is 0 Å². The SMILES string of the molecule is C[C]1([Hf])C=Cc2ccccc21.Cl.Cl. The molecule has 0 radical (unpaired) electrons. The molecule has 0 nitrogen and oxygen atoms in total. The van der Waals surface area contributed by atoms with Gasteiger partial charge in [-0.05, 0) is 0 Å². The van der Waals surface area contributed by atoms with Crippen LogP contribution in [0.3, 0.4) is 0 Å². The van der Waals surface area contributed by atoms with Gasteiger partial charge in [0.15, 0.2) is 0 Å². The van der Waals surface area contributed by atoms with Crippen LogP contribution in [0.4, 0.5) is 0 Å². The molecule has 1 aromatic rings. The van der Waals surface area contributed by atoms with Crippen molar-refractivity contribution < 1.29 is 24.4 Å². The maximum atomic E-state index is 2.32. The van der Waals surface area contributed by atoms with Crippen LogP contribution in [0.25, 0.3) is 6.08 Å². The zero-order chi connectivity index (χ0) is 7.90. The first kappa shape index (κ1) is 13.4. The van der Waals surface area contributed by atoms with Gasteiger partial charge in [0.1, 0.15) is 0 Å². The zero-order valence-electron chi connectivity index (χ0n) is 7.28. The van der Waals surface area contributed by atoms with Crippen molar-refractivity contribution in [3.63, 3.8) is 0 Å². The minimum Gasteiger partial charge on any atom is -0.147 e. The van der Waals surface area contributed by atoms with Crippen molar-refractivity contribution in [2.75, 3.05) is 0 Å². The summed E-state index contributed by atoms with van der Waals surface area (Å²) >= 11 is 1.20. The molecule has 0 amide bonds. The molecule has 1 aliphatic carbocycles. The summed E-state index contributed by atoms with van der Waals surface area (Å²) in [5.41, 5.74) is 2.91. The number of hydrogen-bond donors (Lipinski definition) is 0. The van der Waals surface area contributed by atoms with Crippen molar-refractivity contribution in [1.29, 1.82) is 0 Å². The van der Waals surface area contributed by atoms with Gasteiger partial charge >= 0.3 is 82.0 Å². The Morgan fingerprint density at radius 1 is 1.15 bits per heavy atom. The van der Waals surface area contributed by atoms with E-state index >= 15 is 0 Å². The fourth-order valence-electron chi connectivity index (χ4n) is 1.46. The molecule has 1 unspecified atom stereocenters. The molecule has 0 bridgehead atoms. The van der Waals surface area contributed by atoms with Crippen LogP contribution in [-0.2, 0) is 27.5 Å². The maximum absolute atomic E-state index is 2.32. The van der Waals surface area contributed by atoms with E-state index in [-0.39, 0.29) is 24.8 Å². The van der Waals surface area contributed by atoms with E-state index in [2.05, 4.69) is 43.3 Å². The monoisotopic (exact) mass is 381 g/mol. The largest absolute Gasteiger partial charge is 0.147 e. The van der Waals surface area contributed by atoms with Crippen molar-refractivity contribution in [1.82, 2.24) is 0 Å². The summed E-state index contributed by atoms with van der Waals surface area (Å²) < 4.78 is 0.386. The Kier molecular flexibility index (Phi) is 4.92. The molecule has 3 heteroatoms. The Bertz CT molecular complexity index is 318. The van der Waals surface area contributed by atoms with Gasteiger partial charge in [-0.15, -0.1) is 24.8 Å². The summed E-state index contributed by atoms with van der Waals surface area (Å²) in [6.45, 7) is 2.31. The molecule has 0 N–H and O–H groups in total. The van der Waals surface area contributed by atoms with E-state index in [4.69, 9.17) is 0 Å². The zero-order valence-corrected chi connectivity index (χ0v) is 12.5. The Morgan fingerprint density at radius 3 is 2.38 bits per heavy atom. The van der Waals surface area contributed by atoms with Gasteiger partial charge in [-0.25, -0.2) is 0 Å². The molecule has 69 valence electrons. The Hall–Kier alpha value is 0.410. The normalized spacial score (nSPS) is 22.8. The molecule has 0 aliphatic heterocycles. The summed E-state index contributed by atoms with van der Waals surface area (Å²) in [5.74, 6) is 0. The molecule has 1 aromatic carbocycles. The number of rotatable bonds is 0. The third kappa shape index (κ3) is 2.45. The molecule has 1 aliphatic rings. The number of benzene rings is 1. The maximum Gasteiger partial charge on any atom is -0.147 e. The molecule has 0 saturated heterocycles. The summed E-state index contributed by atoms with van der Waals surface area (Å²) in [5, 5.41) is 0. The molecule has 0 heterocycles. The Morgan fingerprint density at radius 2 is 1.77 bits per heavy atom. The van der Waals surface area contributed by atoms with Crippen LogP contribution >= 0.6 is 24.8 Å². The van der Waals surface area contributed by atoms with Gasteiger partial charge in [0.2, 0.25) is 0 Å². The second kappa shape index (κ2) is 4.77. The molecule has 0 aromatic heterocycles. The van der Waals surface area contributed by atoms with E-state index in [1.54, 1.807) is 0 Å². The van der Waals surface area contributed by atoms with Gasteiger partial charge in [-0.1, -0.05) is 0 Å². The summed E-state index contributed by atoms with van der Waals surface area (Å²) in [6.07, 6.45) is 4.56. The van der Waals surface area contributed by atoms with E-state index < -0.39 is 0 Å². The quantitative estimate of drug-likeness (QED) is 0.606. The minimum absolute atomic E-state index is 0. The smallest absolute Gasteiger partial charge is 0.147 e. The van der Waals surface area contributed by atoms with Gasteiger partial charge in [0, 0.05) is 0 Å². The fraction of sp³-hybridized carbons (Fsp3) is 0.200. The first-order chi connectivity index (χ1) is 5.20. The Labute approximate surface area is 106 Å². The Balaban J connectivity index is 0.000000720. The number of fused-ring (bicyclic) bond motifs is 1. The summed E-state index contributed by atoms with van der Waals surface area (Å²) in [4.78, 5) is 0. The fourth-order valence-corrected chi connectivity index (χ4v) is 2.58. The average molecular weight is 381 g/mol. The van der Waals surface area contributed by atoms with E-state index in [0.29, 0.717) is 3.17 Å². The molecule has 1 atom stereocenters. The van der Waals surface area contributed by atoms with Gasteiger partial charge in [-0.2, -0.15) is 0 Å².